The summed E-state index contributed by atoms with van der Waals surface area (Å²) in [5.74, 6) is 0.695. The van der Waals surface area contributed by atoms with Gasteiger partial charge in [-0.15, -0.1) is 0 Å². The fraction of sp³-hybridized carbons (Fsp3) is 0.375. The molecule has 1 N–H and O–H groups in total. The molecule has 0 bridgehead atoms. The monoisotopic (exact) mass is 347 g/mol. The number of sulfonamides is 1. The van der Waals surface area contributed by atoms with Crippen molar-refractivity contribution in [3.8, 4) is 0 Å². The van der Waals surface area contributed by atoms with E-state index in [-0.39, 0.29) is 16.7 Å². The topological polar surface area (TPSA) is 92.5 Å². The third-order valence-electron chi connectivity index (χ3n) is 4.52. The summed E-state index contributed by atoms with van der Waals surface area (Å²) in [6.45, 7) is 0.508. The normalized spacial score (nSPS) is 17.1. The Morgan fingerprint density at radius 3 is 2.88 bits per heavy atom. The first-order valence-electron chi connectivity index (χ1n) is 7.83. The minimum atomic E-state index is -3.56. The highest BCUT2D eigenvalue weighted by atomic mass is 32.2. The Morgan fingerprint density at radius 1 is 1.38 bits per heavy atom. The zero-order valence-corrected chi connectivity index (χ0v) is 14.0. The van der Waals surface area contributed by atoms with E-state index in [2.05, 4.69) is 9.71 Å². The number of carbonyl (C=O) groups excluding carboxylic acids is 1. The van der Waals surface area contributed by atoms with Crippen LogP contribution in [-0.2, 0) is 16.4 Å². The van der Waals surface area contributed by atoms with E-state index in [0.29, 0.717) is 30.1 Å². The molecule has 2 heterocycles. The van der Waals surface area contributed by atoms with Crippen molar-refractivity contribution in [3.05, 3.63) is 41.6 Å². The van der Waals surface area contributed by atoms with Crippen LogP contribution in [0.2, 0.25) is 0 Å². The fourth-order valence-electron chi connectivity index (χ4n) is 3.03. The maximum atomic E-state index is 12.9. The number of aromatic nitrogens is 1. The first-order chi connectivity index (χ1) is 11.5. The highest BCUT2D eigenvalue weighted by Gasteiger charge is 2.36. The van der Waals surface area contributed by atoms with Crippen molar-refractivity contribution in [2.45, 2.75) is 30.1 Å². The van der Waals surface area contributed by atoms with Crippen LogP contribution in [0.25, 0.3) is 0 Å². The molecule has 0 unspecified atom stereocenters. The predicted molar refractivity (Wildman–Crippen MR) is 86.5 cm³/mol. The summed E-state index contributed by atoms with van der Waals surface area (Å²) in [7, 11) is -2.19. The van der Waals surface area contributed by atoms with Crippen molar-refractivity contribution in [3.63, 3.8) is 0 Å². The first-order valence-corrected chi connectivity index (χ1v) is 9.31. The van der Waals surface area contributed by atoms with E-state index in [9.17, 15) is 13.2 Å². The van der Waals surface area contributed by atoms with Gasteiger partial charge in [0.2, 0.25) is 10.0 Å². The van der Waals surface area contributed by atoms with Crippen LogP contribution < -0.4 is 9.62 Å². The van der Waals surface area contributed by atoms with Gasteiger partial charge in [0.25, 0.3) is 5.91 Å². The van der Waals surface area contributed by atoms with Gasteiger partial charge in [-0.25, -0.2) is 18.1 Å². The zero-order valence-electron chi connectivity index (χ0n) is 13.2. The van der Waals surface area contributed by atoms with E-state index >= 15 is 0 Å². The summed E-state index contributed by atoms with van der Waals surface area (Å²) in [6.07, 6.45) is 4.02. The van der Waals surface area contributed by atoms with Gasteiger partial charge in [0.1, 0.15) is 5.76 Å². The Balaban J connectivity index is 1.71. The highest BCUT2D eigenvalue weighted by molar-refractivity contribution is 7.89. The van der Waals surface area contributed by atoms with Crippen LogP contribution in [0, 0.1) is 0 Å². The van der Waals surface area contributed by atoms with Gasteiger partial charge in [0.15, 0.2) is 12.1 Å². The summed E-state index contributed by atoms with van der Waals surface area (Å²) < 4.78 is 31.7. The number of rotatable bonds is 4. The van der Waals surface area contributed by atoms with Crippen molar-refractivity contribution in [2.75, 3.05) is 18.5 Å². The zero-order chi connectivity index (χ0) is 16.9. The van der Waals surface area contributed by atoms with Gasteiger partial charge in [-0.2, -0.15) is 0 Å². The third-order valence-corrected chi connectivity index (χ3v) is 5.93. The summed E-state index contributed by atoms with van der Waals surface area (Å²) >= 11 is 0. The van der Waals surface area contributed by atoms with Crippen LogP contribution in [0.4, 0.5) is 5.69 Å². The van der Waals surface area contributed by atoms with E-state index in [0.717, 1.165) is 18.4 Å². The van der Waals surface area contributed by atoms with Crippen molar-refractivity contribution < 1.29 is 17.6 Å². The molecule has 2 aliphatic rings. The molecule has 8 heteroatoms. The average molecular weight is 347 g/mol. The number of amides is 1. The maximum absolute atomic E-state index is 12.9. The molecule has 1 saturated carbocycles. The Morgan fingerprint density at radius 2 is 2.17 bits per heavy atom. The lowest BCUT2D eigenvalue weighted by atomic mass is 10.2. The maximum Gasteiger partial charge on any atom is 0.280 e. The molecule has 126 valence electrons. The van der Waals surface area contributed by atoms with Crippen LogP contribution in [0.5, 0.6) is 0 Å². The second-order valence-electron chi connectivity index (χ2n) is 6.04. The lowest BCUT2D eigenvalue weighted by Crippen LogP contribution is -2.30. The Hall–Kier alpha value is -2.19. The Labute approximate surface area is 139 Å². The smallest absolute Gasteiger partial charge is 0.280 e. The van der Waals surface area contributed by atoms with Crippen LogP contribution in [0.1, 0.15) is 40.6 Å². The minimum absolute atomic E-state index is 0.144. The number of nitrogens with zero attached hydrogens (tertiary/aromatic N) is 2. The molecule has 1 aromatic heterocycles. The van der Waals surface area contributed by atoms with Crippen molar-refractivity contribution in [1.29, 1.82) is 0 Å². The molecule has 0 spiro atoms. The molecule has 1 amide bonds. The van der Waals surface area contributed by atoms with E-state index in [1.54, 1.807) is 23.1 Å². The highest BCUT2D eigenvalue weighted by Crippen LogP contribution is 2.42. The lowest BCUT2D eigenvalue weighted by molar-refractivity contribution is 0.0983. The number of anilines is 1. The van der Waals surface area contributed by atoms with Gasteiger partial charge in [-0.05, 0) is 44.0 Å². The molecule has 0 atom stereocenters. The van der Waals surface area contributed by atoms with E-state index in [1.165, 1.54) is 13.4 Å². The van der Waals surface area contributed by atoms with Crippen molar-refractivity contribution in [1.82, 2.24) is 9.71 Å². The van der Waals surface area contributed by atoms with E-state index in [4.69, 9.17) is 4.42 Å². The summed E-state index contributed by atoms with van der Waals surface area (Å²) in [5, 5.41) is 0. The van der Waals surface area contributed by atoms with Gasteiger partial charge in [0.05, 0.1) is 4.90 Å². The fourth-order valence-corrected chi connectivity index (χ4v) is 3.78. The van der Waals surface area contributed by atoms with Crippen LogP contribution >= 0.6 is 0 Å². The van der Waals surface area contributed by atoms with Gasteiger partial charge >= 0.3 is 0 Å². The molecule has 2 aromatic rings. The Bertz CT molecular complexity index is 915. The predicted octanol–water partition coefficient (Wildman–Crippen LogP) is 1.66. The molecule has 1 aromatic carbocycles. The molecule has 0 saturated heterocycles. The quantitative estimate of drug-likeness (QED) is 0.908. The summed E-state index contributed by atoms with van der Waals surface area (Å²) in [5.41, 5.74) is 1.92. The number of hydrogen-bond acceptors (Lipinski definition) is 5. The molecular weight excluding hydrogens is 330 g/mol. The molecule has 1 fully saturated rings. The second-order valence-corrected chi connectivity index (χ2v) is 7.93. The molecule has 4 rings (SSSR count). The third kappa shape index (κ3) is 2.42. The largest absolute Gasteiger partial charge is 0.447 e. The standard InChI is InChI=1S/C16H17N3O4S/c1-17-24(21,22)12-5-4-10-6-7-19(13(10)8-12)16(20)14-15(11-2-3-11)23-9-18-14/h4-5,8-9,11,17H,2-3,6-7H2,1H3. The van der Waals surface area contributed by atoms with Gasteiger partial charge in [-0.1, -0.05) is 6.07 Å². The number of nitrogens with one attached hydrogen (secondary N) is 1. The van der Waals surface area contributed by atoms with Gasteiger partial charge in [0, 0.05) is 18.2 Å². The number of oxazole rings is 1. The van der Waals surface area contributed by atoms with Gasteiger partial charge < -0.3 is 9.32 Å². The molecule has 24 heavy (non-hydrogen) atoms. The summed E-state index contributed by atoms with van der Waals surface area (Å²) in [4.78, 5) is 18.7. The van der Waals surface area contributed by atoms with Crippen LogP contribution in [-0.4, -0.2) is 32.9 Å². The lowest BCUT2D eigenvalue weighted by Gasteiger charge is -2.17. The van der Waals surface area contributed by atoms with Crippen LogP contribution in [0.3, 0.4) is 0 Å². The first kappa shape index (κ1) is 15.3. The molecule has 7 nitrogen and oxygen atoms in total. The molecule has 0 radical (unpaired) electrons. The number of hydrogen-bond donors (Lipinski definition) is 1. The minimum Gasteiger partial charge on any atom is -0.447 e. The van der Waals surface area contributed by atoms with Crippen molar-refractivity contribution >= 4 is 21.6 Å². The van der Waals surface area contributed by atoms with E-state index in [1.807, 2.05) is 0 Å². The summed E-state index contributed by atoms with van der Waals surface area (Å²) in [6, 6.07) is 4.87. The SMILES string of the molecule is CNS(=O)(=O)c1ccc2c(c1)N(C(=O)c1ncoc1C1CC1)CC2. The second kappa shape index (κ2) is 5.42. The average Bonchev–Trinajstić information content (AvgIpc) is 3.16. The Kier molecular flexibility index (Phi) is 3.47. The van der Waals surface area contributed by atoms with Crippen molar-refractivity contribution in [2.24, 2.45) is 0 Å². The molecule has 1 aliphatic carbocycles. The van der Waals surface area contributed by atoms with E-state index < -0.39 is 10.0 Å². The molecule has 1 aliphatic heterocycles. The number of fused-ring (bicyclic) bond motifs is 1. The van der Waals surface area contributed by atoms with Crippen LogP contribution in [0.15, 0.2) is 33.9 Å². The number of benzene rings is 1. The number of carbonyl (C=O) groups is 1. The molecular formula is C16H17N3O4S. The van der Waals surface area contributed by atoms with Gasteiger partial charge in [-0.3, -0.25) is 4.79 Å².